The van der Waals surface area contributed by atoms with Gasteiger partial charge in [0.2, 0.25) is 0 Å². The van der Waals surface area contributed by atoms with E-state index in [0.717, 1.165) is 19.3 Å². The Labute approximate surface area is 154 Å². The Balaban J connectivity index is 1.54. The summed E-state index contributed by atoms with van der Waals surface area (Å²) in [5.41, 5.74) is 0.202. The van der Waals surface area contributed by atoms with E-state index < -0.39 is 45.7 Å². The summed E-state index contributed by atoms with van der Waals surface area (Å²) in [6.45, 7) is 0.903. The number of alkyl halides is 2. The lowest BCUT2D eigenvalue weighted by Gasteiger charge is -2.30. The standard InChI is InChI=1S/C15H19Cl2N3O5/c1-13(8-15(13,16)17)11(23)25-7-9(21)19-20-10(22)14(18-12(20)24)5-3-2-4-6-14/h2-8H2,1H3,(H,18,24)(H,19,21)/t13-/m1/s1. The number of urea groups is 1. The van der Waals surface area contributed by atoms with Gasteiger partial charge >= 0.3 is 12.0 Å². The van der Waals surface area contributed by atoms with Crippen LogP contribution in [0.4, 0.5) is 4.79 Å². The molecule has 8 nitrogen and oxygen atoms in total. The molecule has 0 aromatic rings. The maximum absolute atomic E-state index is 12.5. The number of hydrazine groups is 1. The van der Waals surface area contributed by atoms with E-state index in [9.17, 15) is 19.2 Å². The molecule has 0 aromatic carbocycles. The van der Waals surface area contributed by atoms with Gasteiger partial charge in [-0.05, 0) is 19.8 Å². The van der Waals surface area contributed by atoms with Crippen LogP contribution in [0.15, 0.2) is 0 Å². The normalized spacial score (nSPS) is 29.3. The monoisotopic (exact) mass is 391 g/mol. The number of imide groups is 1. The number of halogens is 2. The number of carbonyl (C=O) groups is 4. The Hall–Kier alpha value is -1.54. The molecule has 2 saturated carbocycles. The number of hydrogen-bond acceptors (Lipinski definition) is 5. The summed E-state index contributed by atoms with van der Waals surface area (Å²) >= 11 is 11.8. The average Bonchev–Trinajstić information content (AvgIpc) is 3.01. The van der Waals surface area contributed by atoms with Crippen LogP contribution in [0.5, 0.6) is 0 Å². The van der Waals surface area contributed by atoms with Crippen molar-refractivity contribution in [3.8, 4) is 0 Å². The smallest absolute Gasteiger partial charge is 0.344 e. The Morgan fingerprint density at radius 2 is 1.84 bits per heavy atom. The maximum Gasteiger partial charge on any atom is 0.344 e. The summed E-state index contributed by atoms with van der Waals surface area (Å²) < 4.78 is 3.70. The molecule has 0 unspecified atom stereocenters. The van der Waals surface area contributed by atoms with Crippen LogP contribution in [0.3, 0.4) is 0 Å². The predicted molar refractivity (Wildman–Crippen MR) is 87.5 cm³/mol. The molecule has 3 fully saturated rings. The number of esters is 1. The molecule has 3 rings (SSSR count). The van der Waals surface area contributed by atoms with Crippen LogP contribution in [0.1, 0.15) is 45.4 Å². The summed E-state index contributed by atoms with van der Waals surface area (Å²) in [7, 11) is 0. The zero-order valence-corrected chi connectivity index (χ0v) is 15.2. The molecule has 0 radical (unpaired) electrons. The second kappa shape index (κ2) is 6.02. The van der Waals surface area contributed by atoms with Gasteiger partial charge in [-0.1, -0.05) is 19.3 Å². The van der Waals surface area contributed by atoms with Crippen molar-refractivity contribution < 1.29 is 23.9 Å². The van der Waals surface area contributed by atoms with E-state index in [2.05, 4.69) is 10.7 Å². The highest BCUT2D eigenvalue weighted by atomic mass is 35.5. The van der Waals surface area contributed by atoms with Crippen LogP contribution in [0, 0.1) is 5.41 Å². The van der Waals surface area contributed by atoms with Gasteiger partial charge in [-0.2, -0.15) is 5.01 Å². The van der Waals surface area contributed by atoms with E-state index in [4.69, 9.17) is 27.9 Å². The Morgan fingerprint density at radius 3 is 2.40 bits per heavy atom. The molecule has 4 amide bonds. The van der Waals surface area contributed by atoms with Crippen LogP contribution in [-0.4, -0.2) is 45.3 Å². The van der Waals surface area contributed by atoms with Crippen molar-refractivity contribution in [1.29, 1.82) is 0 Å². The lowest BCUT2D eigenvalue weighted by atomic mass is 9.82. The molecule has 1 heterocycles. The Morgan fingerprint density at radius 1 is 1.24 bits per heavy atom. The van der Waals surface area contributed by atoms with E-state index >= 15 is 0 Å². The topological polar surface area (TPSA) is 105 Å². The van der Waals surface area contributed by atoms with E-state index in [1.807, 2.05) is 0 Å². The highest BCUT2D eigenvalue weighted by molar-refractivity contribution is 6.53. The molecule has 138 valence electrons. The summed E-state index contributed by atoms with van der Waals surface area (Å²) in [5, 5.41) is 3.32. The van der Waals surface area contributed by atoms with Crippen LogP contribution < -0.4 is 10.7 Å². The van der Waals surface area contributed by atoms with Gasteiger partial charge in [-0.25, -0.2) is 4.79 Å². The fraction of sp³-hybridized carbons (Fsp3) is 0.733. The van der Waals surface area contributed by atoms with Crippen molar-refractivity contribution in [2.24, 2.45) is 5.41 Å². The van der Waals surface area contributed by atoms with Gasteiger partial charge < -0.3 is 10.1 Å². The highest BCUT2D eigenvalue weighted by Crippen LogP contribution is 2.64. The molecular weight excluding hydrogens is 373 g/mol. The largest absolute Gasteiger partial charge is 0.455 e. The first-order chi connectivity index (χ1) is 11.6. The number of hydrogen-bond donors (Lipinski definition) is 2. The van der Waals surface area contributed by atoms with Gasteiger partial charge in [0.05, 0.1) is 0 Å². The summed E-state index contributed by atoms with van der Waals surface area (Å²) in [6.07, 6.45) is 4.01. The third-order valence-corrected chi connectivity index (χ3v) is 6.25. The number of nitrogens with one attached hydrogen (secondary N) is 2. The third kappa shape index (κ3) is 3.06. The van der Waals surface area contributed by atoms with Gasteiger partial charge in [0.1, 0.15) is 15.3 Å². The van der Waals surface area contributed by atoms with E-state index in [1.54, 1.807) is 0 Å². The molecular formula is C15H19Cl2N3O5. The van der Waals surface area contributed by atoms with Crippen molar-refractivity contribution in [2.45, 2.75) is 55.3 Å². The lowest BCUT2D eigenvalue weighted by molar-refractivity contribution is -0.155. The van der Waals surface area contributed by atoms with Gasteiger partial charge in [-0.3, -0.25) is 19.8 Å². The zero-order chi connectivity index (χ0) is 18.5. The summed E-state index contributed by atoms with van der Waals surface area (Å²) in [5.74, 6) is -1.97. The Bertz CT molecular complexity index is 647. The van der Waals surface area contributed by atoms with Gasteiger partial charge in [-0.15, -0.1) is 23.2 Å². The second-order valence-electron chi connectivity index (χ2n) is 7.04. The van der Waals surface area contributed by atoms with Gasteiger partial charge in [0, 0.05) is 6.42 Å². The lowest BCUT2D eigenvalue weighted by Crippen LogP contribution is -2.51. The molecule has 1 saturated heterocycles. The zero-order valence-electron chi connectivity index (χ0n) is 13.7. The number of nitrogens with zero attached hydrogens (tertiary/aromatic N) is 1. The number of carbonyl (C=O) groups excluding carboxylic acids is 4. The van der Waals surface area contributed by atoms with E-state index in [0.29, 0.717) is 17.9 Å². The number of amides is 4. The highest BCUT2D eigenvalue weighted by Gasteiger charge is 2.69. The summed E-state index contributed by atoms with van der Waals surface area (Å²) in [6, 6.07) is -0.679. The van der Waals surface area contributed by atoms with Crippen LogP contribution >= 0.6 is 23.2 Å². The molecule has 0 bridgehead atoms. The SMILES string of the molecule is C[C@]1(C(=O)OCC(=O)NN2C(=O)NC3(CCCCC3)C2=O)CC1(Cl)Cl. The van der Waals surface area contributed by atoms with E-state index in [1.165, 1.54) is 6.92 Å². The van der Waals surface area contributed by atoms with Crippen molar-refractivity contribution in [2.75, 3.05) is 6.61 Å². The molecule has 0 aromatic heterocycles. The number of rotatable bonds is 4. The predicted octanol–water partition coefficient (Wildman–Crippen LogP) is 1.40. The molecule has 3 aliphatic rings. The molecule has 1 atom stereocenters. The summed E-state index contributed by atoms with van der Waals surface area (Å²) in [4.78, 5) is 48.4. The fourth-order valence-corrected chi connectivity index (χ4v) is 3.97. The first-order valence-corrected chi connectivity index (χ1v) is 8.88. The molecule has 2 aliphatic carbocycles. The molecule has 1 spiro atoms. The van der Waals surface area contributed by atoms with Crippen molar-refractivity contribution in [1.82, 2.24) is 15.8 Å². The molecule has 1 aliphatic heterocycles. The minimum absolute atomic E-state index is 0.235. The molecule has 2 N–H and O–H groups in total. The first-order valence-electron chi connectivity index (χ1n) is 8.13. The van der Waals surface area contributed by atoms with Crippen LogP contribution in [0.25, 0.3) is 0 Å². The van der Waals surface area contributed by atoms with Crippen molar-refractivity contribution in [3.05, 3.63) is 0 Å². The van der Waals surface area contributed by atoms with E-state index in [-0.39, 0.29) is 6.42 Å². The minimum Gasteiger partial charge on any atom is -0.455 e. The second-order valence-corrected chi connectivity index (χ2v) is 8.52. The van der Waals surface area contributed by atoms with Gasteiger partial charge in [0.25, 0.3) is 11.8 Å². The minimum atomic E-state index is -1.20. The maximum atomic E-state index is 12.5. The first kappa shape index (κ1) is 18.3. The quantitative estimate of drug-likeness (QED) is 0.428. The fourth-order valence-electron chi connectivity index (χ4n) is 3.28. The van der Waals surface area contributed by atoms with Crippen LogP contribution in [0.2, 0.25) is 0 Å². The third-order valence-electron chi connectivity index (χ3n) is 5.15. The van der Waals surface area contributed by atoms with Crippen molar-refractivity contribution in [3.63, 3.8) is 0 Å². The van der Waals surface area contributed by atoms with Crippen molar-refractivity contribution >= 4 is 47.0 Å². The Kier molecular flexibility index (Phi) is 4.39. The van der Waals surface area contributed by atoms with Gasteiger partial charge in [0.15, 0.2) is 6.61 Å². The molecule has 10 heteroatoms. The molecule has 25 heavy (non-hydrogen) atoms. The number of ether oxygens (including phenoxy) is 1. The van der Waals surface area contributed by atoms with Crippen LogP contribution in [-0.2, 0) is 19.1 Å². The average molecular weight is 392 g/mol.